The Balaban J connectivity index is 0. The van der Waals surface area contributed by atoms with Gasteiger partial charge in [0.05, 0.1) is 18.6 Å². The Bertz CT molecular complexity index is 1350. The first-order chi connectivity index (χ1) is 31.2. The van der Waals surface area contributed by atoms with Crippen molar-refractivity contribution in [2.75, 3.05) is 6.61 Å². The molecule has 7 atom stereocenters. The van der Waals surface area contributed by atoms with Gasteiger partial charge >= 0.3 is 59.1 Å². The largest absolute Gasteiger partial charge is 1.00 e. The number of unbranched alkanes of at least 4 members (excludes halogenated alkanes) is 33. The molecule has 1 heterocycles. The number of rotatable bonds is 46. The molecule has 388 valence electrons. The summed E-state index contributed by atoms with van der Waals surface area (Å²) in [5.41, 5.74) is 2.17. The number of amides is 1. The van der Waals surface area contributed by atoms with Crippen molar-refractivity contribution < 1.29 is 123 Å². The Hall–Kier alpha value is 1.01. The van der Waals surface area contributed by atoms with E-state index in [1.807, 2.05) is 0 Å². The van der Waals surface area contributed by atoms with Gasteiger partial charge in [-0.25, -0.2) is 27.2 Å². The summed E-state index contributed by atoms with van der Waals surface area (Å²) in [5, 5.41) is 32.4. The third-order valence-corrected chi connectivity index (χ3v) is 13.7. The predicted molar refractivity (Wildman–Crippen MR) is 252 cm³/mol. The van der Waals surface area contributed by atoms with Crippen LogP contribution in [0, 0.1) is 5.92 Å². The van der Waals surface area contributed by atoms with Crippen molar-refractivity contribution in [2.45, 2.75) is 288 Å². The van der Waals surface area contributed by atoms with Crippen molar-refractivity contribution in [2.24, 2.45) is 5.92 Å². The second kappa shape index (κ2) is 45.6. The van der Waals surface area contributed by atoms with Crippen LogP contribution in [0.15, 0.2) is 0 Å². The predicted octanol–water partition coefficient (Wildman–Crippen LogP) is 4.26. The zero-order valence-corrected chi connectivity index (χ0v) is 48.2. The van der Waals surface area contributed by atoms with Crippen LogP contribution in [0.2, 0.25) is 0 Å². The van der Waals surface area contributed by atoms with Gasteiger partial charge in [-0.15, -0.1) is 0 Å². The molecule has 1 amide bonds. The molecule has 0 aromatic carbocycles. The third kappa shape index (κ3) is 40.1. The monoisotopic (exact) mass is 1020 g/mol. The number of aliphatic hydroxyl groups is 3. The molecule has 1 rings (SSSR count). The summed E-state index contributed by atoms with van der Waals surface area (Å²) in [6.45, 7) is 3.29. The van der Waals surface area contributed by atoms with Gasteiger partial charge in [0.25, 0.3) is 0 Å². The number of hydrogen-bond acceptors (Lipinski definition) is 14. The molecule has 1 saturated heterocycles. The maximum atomic E-state index is 13.5. The van der Waals surface area contributed by atoms with Crippen molar-refractivity contribution in [3.63, 3.8) is 0 Å². The number of hydrogen-bond donors (Lipinski definition) is 4. The van der Waals surface area contributed by atoms with E-state index in [1.165, 1.54) is 167 Å². The van der Waals surface area contributed by atoms with Crippen LogP contribution in [0.5, 0.6) is 0 Å². The number of carbonyl (C=O) groups is 1. The van der Waals surface area contributed by atoms with Gasteiger partial charge in [-0.05, 0) is 12.8 Å². The van der Waals surface area contributed by atoms with Gasteiger partial charge < -0.3 is 29.2 Å². The molecule has 0 spiro atoms. The number of aliphatic hydroxyl groups excluding tert-OH is 3. The van der Waals surface area contributed by atoms with Crippen molar-refractivity contribution in [3.8, 4) is 0 Å². The van der Waals surface area contributed by atoms with E-state index in [2.05, 4.69) is 27.7 Å². The van der Waals surface area contributed by atoms with E-state index < -0.39 is 76.0 Å². The number of hydroxylamine groups is 1. The molecule has 0 radical (unpaired) electrons. The van der Waals surface area contributed by atoms with E-state index in [-0.39, 0.29) is 59.1 Å². The van der Waals surface area contributed by atoms with E-state index in [9.17, 15) is 46.1 Å². The molecular weight excluding hydrogens is 925 g/mol. The molecule has 0 saturated carbocycles. The first-order valence-corrected chi connectivity index (χ1v) is 28.8. The first kappa shape index (κ1) is 70.1. The summed E-state index contributed by atoms with van der Waals surface area (Å²) < 4.78 is 80.7. The topological polar surface area (TPSA) is 241 Å². The molecule has 4 N–H and O–H groups in total. The quantitative estimate of drug-likeness (QED) is 0.0219. The molecule has 19 heteroatoms. The van der Waals surface area contributed by atoms with Crippen molar-refractivity contribution in [1.29, 1.82) is 0 Å². The van der Waals surface area contributed by atoms with Crippen LogP contribution in [-0.2, 0) is 43.5 Å². The molecule has 1 aliphatic heterocycles. The summed E-state index contributed by atoms with van der Waals surface area (Å²) in [5.74, 6) is -1.59. The first-order valence-electron chi connectivity index (χ1n) is 26.1. The van der Waals surface area contributed by atoms with E-state index in [4.69, 9.17) is 9.57 Å². The van der Waals surface area contributed by atoms with Gasteiger partial charge in [0.15, 0.2) is 0 Å². The fourth-order valence-corrected chi connectivity index (χ4v) is 9.59. The molecule has 0 aliphatic carbocycles. The molecule has 1 fully saturated rings. The fraction of sp³-hybridized carbons (Fsp3) is 0.979. The standard InChI is InChI=1S/C48H95NO14S2.2Na/c1-3-5-7-9-11-13-15-17-19-21-22-23-25-27-29-31-33-35-37-39-42(50)41(38-36-34-32-30-28-26-24-20-18-16-14-12-10-8-6-4-2)47(53)49-62-48-45(52)44(51)46(63-65(57,58)59)43(61-48)40-60-64(54,55)56;;/h41-46,48,50-52H,3-40H2,1-2H3,(H,49,53)(H,54,55,56)(H,57,58,59);;/q;2*+1/p-2/t41-,42+,43+,44+,45+,46-,48-;;/m0../s1. The SMILES string of the molecule is CCCCCCCCCCCCCCCCCCCCC[C@@H](O)[C@H](CCCCCCCCCCCCCCCCCC)C(=O)NO[C@@H]1O[C@H](COS(=O)(=O)[O-])[C@H](OS(=O)(=O)[O-])[C@H](O)[C@H]1O.[Na+].[Na+]. The Labute approximate surface area is 452 Å². The summed E-state index contributed by atoms with van der Waals surface area (Å²) in [6, 6.07) is 0. The maximum absolute atomic E-state index is 13.5. The van der Waals surface area contributed by atoms with E-state index in [0.29, 0.717) is 19.3 Å². The average molecular weight is 1020 g/mol. The van der Waals surface area contributed by atoms with Crippen LogP contribution in [0.1, 0.15) is 251 Å². The van der Waals surface area contributed by atoms with Crippen LogP contribution >= 0.6 is 0 Å². The fourth-order valence-electron chi connectivity index (χ4n) is 8.78. The minimum Gasteiger partial charge on any atom is -0.726 e. The summed E-state index contributed by atoms with van der Waals surface area (Å²) in [7, 11) is -10.8. The summed E-state index contributed by atoms with van der Waals surface area (Å²) in [4.78, 5) is 18.8. The molecule has 1 aliphatic rings. The molecule has 15 nitrogen and oxygen atoms in total. The van der Waals surface area contributed by atoms with E-state index in [1.54, 1.807) is 0 Å². The number of ether oxygens (including phenoxy) is 1. The summed E-state index contributed by atoms with van der Waals surface area (Å²) >= 11 is 0. The molecule has 67 heavy (non-hydrogen) atoms. The summed E-state index contributed by atoms with van der Waals surface area (Å²) in [6.07, 6.45) is 32.4. The minimum atomic E-state index is -5.51. The van der Waals surface area contributed by atoms with Crippen molar-refractivity contribution in [1.82, 2.24) is 5.48 Å². The van der Waals surface area contributed by atoms with Gasteiger partial charge in [-0.3, -0.25) is 13.2 Å². The zero-order chi connectivity index (χ0) is 48.0. The Morgan fingerprint density at radius 3 is 1.19 bits per heavy atom. The van der Waals surface area contributed by atoms with Crippen LogP contribution in [-0.4, -0.2) is 90.6 Å². The van der Waals surface area contributed by atoms with Crippen LogP contribution in [0.3, 0.4) is 0 Å². The van der Waals surface area contributed by atoms with E-state index >= 15 is 0 Å². The molecule has 0 aromatic rings. The van der Waals surface area contributed by atoms with E-state index in [0.717, 1.165) is 51.4 Å². The second-order valence-electron chi connectivity index (χ2n) is 18.7. The van der Waals surface area contributed by atoms with Gasteiger partial charge in [0.2, 0.25) is 33.0 Å². The molecule has 0 unspecified atom stereocenters. The van der Waals surface area contributed by atoms with Crippen LogP contribution in [0.4, 0.5) is 0 Å². The third-order valence-electron chi connectivity index (χ3n) is 12.8. The maximum Gasteiger partial charge on any atom is 1.00 e. The normalized spacial score (nSPS) is 19.7. The van der Waals surface area contributed by atoms with Gasteiger partial charge in [0.1, 0.15) is 24.4 Å². The van der Waals surface area contributed by atoms with Gasteiger partial charge in [-0.2, -0.15) is 0 Å². The second-order valence-corrected chi connectivity index (χ2v) is 20.7. The van der Waals surface area contributed by atoms with Gasteiger partial charge in [0, 0.05) is 0 Å². The number of nitrogens with one attached hydrogen (secondary N) is 1. The molecule has 0 aromatic heterocycles. The Morgan fingerprint density at radius 1 is 0.537 bits per heavy atom. The van der Waals surface area contributed by atoms with Crippen LogP contribution < -0.4 is 64.6 Å². The average Bonchev–Trinajstić information content (AvgIpc) is 3.25. The Kier molecular flexibility index (Phi) is 47.7. The molecule has 0 bridgehead atoms. The zero-order valence-electron chi connectivity index (χ0n) is 42.6. The van der Waals surface area contributed by atoms with Crippen LogP contribution in [0.25, 0.3) is 0 Å². The van der Waals surface area contributed by atoms with Gasteiger partial charge in [-0.1, -0.05) is 239 Å². The minimum absolute atomic E-state index is 0. The molecular formula is C48H93NNa2O14S2. The van der Waals surface area contributed by atoms with Crippen molar-refractivity contribution in [3.05, 3.63) is 0 Å². The Morgan fingerprint density at radius 2 is 0.866 bits per heavy atom. The van der Waals surface area contributed by atoms with Crippen molar-refractivity contribution >= 4 is 26.7 Å². The smallest absolute Gasteiger partial charge is 0.726 e. The number of carbonyl (C=O) groups excluding carboxylic acids is 1.